The maximum atomic E-state index is 12.6. The summed E-state index contributed by atoms with van der Waals surface area (Å²) in [7, 11) is 0. The molecular weight excluding hydrogens is 515 g/mol. The quantitative estimate of drug-likeness (QED) is 0.200. The lowest BCUT2D eigenvalue weighted by Crippen LogP contribution is -2.37. The molecule has 0 aliphatic heterocycles. The van der Waals surface area contributed by atoms with Gasteiger partial charge in [0.1, 0.15) is 11.6 Å². The number of hydrogen-bond donors (Lipinski definition) is 2. The molecule has 0 fully saturated rings. The van der Waals surface area contributed by atoms with E-state index in [9.17, 15) is 8.78 Å². The van der Waals surface area contributed by atoms with Crippen LogP contribution in [0.4, 0.5) is 8.78 Å². The zero-order valence-corrected chi connectivity index (χ0v) is 19.6. The van der Waals surface area contributed by atoms with Crippen LogP contribution in [0, 0.1) is 6.92 Å². The van der Waals surface area contributed by atoms with Crippen molar-refractivity contribution in [3.8, 4) is 5.75 Å². The summed E-state index contributed by atoms with van der Waals surface area (Å²) in [6.07, 6.45) is 5.73. The Bertz CT molecular complexity index is 773. The molecule has 10 heteroatoms. The van der Waals surface area contributed by atoms with Crippen molar-refractivity contribution in [3.05, 3.63) is 47.0 Å². The third-order valence-corrected chi connectivity index (χ3v) is 4.27. The van der Waals surface area contributed by atoms with Crippen molar-refractivity contribution in [2.75, 3.05) is 13.1 Å². The average molecular weight is 542 g/mol. The number of nitrogens with zero attached hydrogens (tertiary/aromatic N) is 3. The number of alkyl halides is 2. The van der Waals surface area contributed by atoms with Crippen molar-refractivity contribution >= 4 is 41.5 Å². The van der Waals surface area contributed by atoms with E-state index in [1.165, 1.54) is 12.1 Å². The van der Waals surface area contributed by atoms with E-state index in [0.29, 0.717) is 23.1 Å². The second-order valence-corrected chi connectivity index (χ2v) is 6.56. The number of nitrogens with one attached hydrogen (secondary N) is 2. The first-order valence-electron chi connectivity index (χ1n) is 9.22. The molecule has 2 rings (SSSR count). The summed E-state index contributed by atoms with van der Waals surface area (Å²) in [6, 6.07) is 4.52. The summed E-state index contributed by atoms with van der Waals surface area (Å²) in [6.45, 7) is 3.57. The average Bonchev–Trinajstić information content (AvgIpc) is 3.06. The Labute approximate surface area is 192 Å². The van der Waals surface area contributed by atoms with E-state index in [1.54, 1.807) is 12.3 Å². The second kappa shape index (κ2) is 13.6. The van der Waals surface area contributed by atoms with E-state index < -0.39 is 6.61 Å². The van der Waals surface area contributed by atoms with Gasteiger partial charge in [0.25, 0.3) is 0 Å². The van der Waals surface area contributed by atoms with Gasteiger partial charge in [0, 0.05) is 42.6 Å². The number of unbranched alkanes of at least 4 members (excludes halogenated alkanes) is 1. The largest absolute Gasteiger partial charge is 0.434 e. The van der Waals surface area contributed by atoms with Crippen molar-refractivity contribution in [1.29, 1.82) is 0 Å². The van der Waals surface area contributed by atoms with Gasteiger partial charge in [-0.2, -0.15) is 8.78 Å². The van der Waals surface area contributed by atoms with E-state index in [0.717, 1.165) is 31.8 Å². The molecular formula is C19H27ClF2IN5O. The third kappa shape index (κ3) is 9.16. The van der Waals surface area contributed by atoms with E-state index in [-0.39, 0.29) is 36.3 Å². The smallest absolute Gasteiger partial charge is 0.387 e. The minimum Gasteiger partial charge on any atom is -0.434 e. The van der Waals surface area contributed by atoms with Crippen LogP contribution in [0.2, 0.25) is 5.02 Å². The number of halogens is 4. The summed E-state index contributed by atoms with van der Waals surface area (Å²) < 4.78 is 31.8. The molecule has 1 aromatic carbocycles. The molecule has 0 amide bonds. The molecule has 162 valence electrons. The first-order valence-corrected chi connectivity index (χ1v) is 9.60. The molecule has 0 bridgehead atoms. The number of benzene rings is 1. The van der Waals surface area contributed by atoms with Crippen LogP contribution in [-0.2, 0) is 13.1 Å². The highest BCUT2D eigenvalue weighted by molar-refractivity contribution is 14.0. The van der Waals surface area contributed by atoms with Gasteiger partial charge in [-0.15, -0.1) is 24.0 Å². The third-order valence-electron chi connectivity index (χ3n) is 4.03. The SMILES string of the molecule is CCNC(=NCc1cc(Cl)ccc1OC(F)F)NCCCCn1ccnc1C.I. The molecule has 0 radical (unpaired) electrons. The summed E-state index contributed by atoms with van der Waals surface area (Å²) >= 11 is 5.97. The monoisotopic (exact) mass is 541 g/mol. The number of aryl methyl sites for hydroxylation is 2. The molecule has 0 aliphatic carbocycles. The molecule has 1 aromatic heterocycles. The number of ether oxygens (including phenoxy) is 1. The zero-order chi connectivity index (χ0) is 20.4. The van der Waals surface area contributed by atoms with Crippen LogP contribution < -0.4 is 15.4 Å². The van der Waals surface area contributed by atoms with Crippen molar-refractivity contribution in [1.82, 2.24) is 20.2 Å². The van der Waals surface area contributed by atoms with Crippen LogP contribution in [-0.4, -0.2) is 35.2 Å². The van der Waals surface area contributed by atoms with Gasteiger partial charge in [-0.25, -0.2) is 9.98 Å². The summed E-state index contributed by atoms with van der Waals surface area (Å²) in [5.74, 6) is 1.70. The van der Waals surface area contributed by atoms with Crippen molar-refractivity contribution in [2.45, 2.75) is 46.4 Å². The number of rotatable bonds is 10. The maximum Gasteiger partial charge on any atom is 0.387 e. The first-order chi connectivity index (χ1) is 13.5. The molecule has 2 aromatic rings. The van der Waals surface area contributed by atoms with Crippen molar-refractivity contribution < 1.29 is 13.5 Å². The Morgan fingerprint density at radius 1 is 1.31 bits per heavy atom. The van der Waals surface area contributed by atoms with E-state index in [4.69, 9.17) is 11.6 Å². The fourth-order valence-electron chi connectivity index (χ4n) is 2.64. The zero-order valence-electron chi connectivity index (χ0n) is 16.5. The van der Waals surface area contributed by atoms with Crippen molar-refractivity contribution in [2.24, 2.45) is 4.99 Å². The second-order valence-electron chi connectivity index (χ2n) is 6.13. The summed E-state index contributed by atoms with van der Waals surface area (Å²) in [5, 5.41) is 6.84. The molecule has 0 saturated carbocycles. The van der Waals surface area contributed by atoms with Gasteiger partial charge in [-0.05, 0) is 44.9 Å². The van der Waals surface area contributed by atoms with Crippen LogP contribution in [0.3, 0.4) is 0 Å². The highest BCUT2D eigenvalue weighted by Gasteiger charge is 2.10. The predicted molar refractivity (Wildman–Crippen MR) is 123 cm³/mol. The van der Waals surface area contributed by atoms with E-state index >= 15 is 0 Å². The lowest BCUT2D eigenvalue weighted by atomic mass is 10.2. The number of imidazole rings is 1. The van der Waals surface area contributed by atoms with E-state index in [1.807, 2.05) is 20.0 Å². The van der Waals surface area contributed by atoms with E-state index in [2.05, 4.69) is 29.9 Å². The maximum absolute atomic E-state index is 12.6. The Morgan fingerprint density at radius 3 is 2.76 bits per heavy atom. The van der Waals surface area contributed by atoms with Gasteiger partial charge in [0.15, 0.2) is 5.96 Å². The van der Waals surface area contributed by atoms with Crippen LogP contribution in [0.25, 0.3) is 0 Å². The number of aromatic nitrogens is 2. The fraction of sp³-hybridized carbons (Fsp3) is 0.474. The molecule has 0 spiro atoms. The number of guanidine groups is 1. The Hall–Kier alpha value is -1.62. The Morgan fingerprint density at radius 2 is 2.10 bits per heavy atom. The molecule has 0 saturated heterocycles. The fourth-order valence-corrected chi connectivity index (χ4v) is 2.84. The molecule has 0 unspecified atom stereocenters. The topological polar surface area (TPSA) is 63.5 Å². The van der Waals surface area contributed by atoms with Gasteiger partial charge in [-0.1, -0.05) is 11.6 Å². The number of aliphatic imine (C=N–C) groups is 1. The highest BCUT2D eigenvalue weighted by atomic mass is 127. The molecule has 2 N–H and O–H groups in total. The van der Waals surface area contributed by atoms with Gasteiger partial charge in [0.2, 0.25) is 0 Å². The van der Waals surface area contributed by atoms with Crippen LogP contribution in [0.15, 0.2) is 35.6 Å². The van der Waals surface area contributed by atoms with Gasteiger partial charge >= 0.3 is 6.61 Å². The summed E-state index contributed by atoms with van der Waals surface area (Å²) in [4.78, 5) is 8.65. The Balaban J connectivity index is 0.00000420. The minimum absolute atomic E-state index is 0. The van der Waals surface area contributed by atoms with Crippen LogP contribution in [0.5, 0.6) is 5.75 Å². The molecule has 0 aliphatic rings. The summed E-state index contributed by atoms with van der Waals surface area (Å²) in [5.41, 5.74) is 0.501. The number of hydrogen-bond acceptors (Lipinski definition) is 3. The first kappa shape index (κ1) is 25.4. The van der Waals surface area contributed by atoms with Crippen LogP contribution in [0.1, 0.15) is 31.2 Å². The predicted octanol–water partition coefficient (Wildman–Crippen LogP) is 4.60. The van der Waals surface area contributed by atoms with Gasteiger partial charge in [0.05, 0.1) is 6.54 Å². The molecule has 0 atom stereocenters. The lowest BCUT2D eigenvalue weighted by Gasteiger charge is -2.13. The highest BCUT2D eigenvalue weighted by Crippen LogP contribution is 2.25. The van der Waals surface area contributed by atoms with Crippen LogP contribution >= 0.6 is 35.6 Å². The minimum atomic E-state index is -2.89. The lowest BCUT2D eigenvalue weighted by molar-refractivity contribution is -0.0504. The molecule has 6 nitrogen and oxygen atoms in total. The van der Waals surface area contributed by atoms with Gasteiger partial charge < -0.3 is 19.9 Å². The van der Waals surface area contributed by atoms with Gasteiger partial charge in [-0.3, -0.25) is 0 Å². The van der Waals surface area contributed by atoms with Crippen molar-refractivity contribution in [3.63, 3.8) is 0 Å². The normalized spacial score (nSPS) is 11.3. The molecule has 1 heterocycles. The standard InChI is InChI=1S/C19H26ClF2N5O.HI/c1-3-23-19(25-8-4-5-10-27-11-9-24-14(27)2)26-13-15-12-16(20)6-7-17(15)28-18(21)22;/h6-7,9,11-12,18H,3-5,8,10,13H2,1-2H3,(H2,23,25,26);1H. The Kier molecular flexibility index (Phi) is 11.9. The molecule has 29 heavy (non-hydrogen) atoms.